The summed E-state index contributed by atoms with van der Waals surface area (Å²) >= 11 is 0. The quantitative estimate of drug-likeness (QED) is 0.152. The van der Waals surface area contributed by atoms with Crippen molar-refractivity contribution >= 4 is 72.1 Å². The van der Waals surface area contributed by atoms with Crippen LogP contribution in [-0.4, -0.2) is 0 Å². The number of rotatable bonds is 8. The molecule has 1 atom stereocenters. The smallest absolute Gasteiger partial charge is 0.143 e. The van der Waals surface area contributed by atoms with Crippen molar-refractivity contribution in [3.05, 3.63) is 259 Å². The molecule has 0 saturated heterocycles. The third-order valence-corrected chi connectivity index (χ3v) is 14.8. The minimum atomic E-state index is 0.175. The van der Waals surface area contributed by atoms with Crippen LogP contribution in [-0.2, 0) is 6.42 Å². The Bertz CT molecular complexity index is 4140. The number of benzene rings is 10. The molecule has 3 nitrogen and oxygen atoms in total. The van der Waals surface area contributed by atoms with E-state index in [1.54, 1.807) is 0 Å². The van der Waals surface area contributed by atoms with Gasteiger partial charge in [0.05, 0.1) is 0 Å². The molecule has 2 aliphatic carbocycles. The molecule has 0 radical (unpaired) electrons. The second-order valence-corrected chi connectivity index (χ2v) is 19.1. The second kappa shape index (κ2) is 16.9. The first-order valence-electron chi connectivity index (χ1n) is 24.8. The first-order chi connectivity index (χ1) is 35.1. The molecular formula is C68H47NO2. The molecule has 12 aromatic rings. The Hall–Kier alpha value is -8.92. The average molecular weight is 910 g/mol. The molecule has 3 heteroatoms. The molecule has 2 heterocycles. The summed E-state index contributed by atoms with van der Waals surface area (Å²) in [5.41, 5.74) is 20.3. The molecular weight excluding hydrogens is 863 g/mol. The molecule has 0 bridgehead atoms. The summed E-state index contributed by atoms with van der Waals surface area (Å²) in [5.74, 6) is 0.175. The van der Waals surface area contributed by atoms with Crippen LogP contribution < -0.4 is 4.90 Å². The summed E-state index contributed by atoms with van der Waals surface area (Å²) in [6.45, 7) is 0. The number of nitrogens with zero attached hydrogens (tertiary/aromatic N) is 1. The van der Waals surface area contributed by atoms with E-state index >= 15 is 0 Å². The van der Waals surface area contributed by atoms with E-state index in [0.717, 1.165) is 96.9 Å². The van der Waals surface area contributed by atoms with Crippen molar-refractivity contribution in [1.29, 1.82) is 0 Å². The Labute approximate surface area is 412 Å². The van der Waals surface area contributed by atoms with Gasteiger partial charge in [0.2, 0.25) is 0 Å². The third-order valence-electron chi connectivity index (χ3n) is 14.8. The van der Waals surface area contributed by atoms with Gasteiger partial charge in [0.1, 0.15) is 22.3 Å². The fraction of sp³-hybridized carbons (Fsp3) is 0.0588. The number of hydrogen-bond acceptors (Lipinski definition) is 3. The van der Waals surface area contributed by atoms with Gasteiger partial charge in [-0.3, -0.25) is 0 Å². The molecule has 10 aromatic carbocycles. The normalized spacial score (nSPS) is 14.4. The van der Waals surface area contributed by atoms with Gasteiger partial charge in [-0.1, -0.05) is 170 Å². The van der Waals surface area contributed by atoms with Crippen LogP contribution in [0.5, 0.6) is 0 Å². The van der Waals surface area contributed by atoms with Gasteiger partial charge < -0.3 is 13.7 Å². The molecule has 0 aliphatic heterocycles. The summed E-state index contributed by atoms with van der Waals surface area (Å²) in [6, 6.07) is 77.2. The highest BCUT2D eigenvalue weighted by atomic mass is 16.3. The maximum absolute atomic E-state index is 6.52. The Balaban J connectivity index is 0.853. The number of fused-ring (bicyclic) bond motifs is 8. The molecule has 0 fully saturated rings. The van der Waals surface area contributed by atoms with Crippen molar-refractivity contribution in [3.8, 4) is 44.5 Å². The maximum Gasteiger partial charge on any atom is 0.143 e. The Morgan fingerprint density at radius 1 is 0.423 bits per heavy atom. The van der Waals surface area contributed by atoms with Crippen molar-refractivity contribution in [2.75, 3.05) is 4.90 Å². The van der Waals surface area contributed by atoms with Crippen molar-refractivity contribution in [2.24, 2.45) is 0 Å². The fourth-order valence-electron chi connectivity index (χ4n) is 11.2. The predicted octanol–water partition coefficient (Wildman–Crippen LogP) is 19.0. The summed E-state index contributed by atoms with van der Waals surface area (Å²) in [5, 5.41) is 7.07. The number of allylic oxidation sites excluding steroid dienone is 4. The monoisotopic (exact) mass is 909 g/mol. The lowest BCUT2D eigenvalue weighted by Gasteiger charge is -2.29. The molecule has 14 rings (SSSR count). The van der Waals surface area contributed by atoms with E-state index in [1.165, 1.54) is 55.3 Å². The van der Waals surface area contributed by atoms with Crippen LogP contribution in [0.2, 0.25) is 0 Å². The van der Waals surface area contributed by atoms with Crippen LogP contribution in [0.3, 0.4) is 0 Å². The average Bonchev–Trinajstić information content (AvgIpc) is 4.02. The van der Waals surface area contributed by atoms with Gasteiger partial charge in [-0.05, 0) is 153 Å². The number of aryl methyl sites for hydroxylation is 1. The first kappa shape index (κ1) is 41.1. The third kappa shape index (κ3) is 7.28. The van der Waals surface area contributed by atoms with E-state index in [2.05, 4.69) is 229 Å². The highest BCUT2D eigenvalue weighted by Gasteiger charge is 2.22. The second-order valence-electron chi connectivity index (χ2n) is 19.1. The lowest BCUT2D eigenvalue weighted by molar-refractivity contribution is 0.657. The van der Waals surface area contributed by atoms with Crippen LogP contribution >= 0.6 is 0 Å². The van der Waals surface area contributed by atoms with Gasteiger partial charge in [-0.25, -0.2) is 0 Å². The highest BCUT2D eigenvalue weighted by Crippen LogP contribution is 2.43. The van der Waals surface area contributed by atoms with E-state index in [-0.39, 0.29) is 5.92 Å². The topological polar surface area (TPSA) is 29.5 Å². The molecule has 71 heavy (non-hydrogen) atoms. The zero-order chi connectivity index (χ0) is 46.8. The van der Waals surface area contributed by atoms with E-state index in [0.29, 0.717) is 0 Å². The number of furan rings is 2. The number of anilines is 2. The van der Waals surface area contributed by atoms with Crippen LogP contribution in [0.15, 0.2) is 251 Å². The lowest BCUT2D eigenvalue weighted by Crippen LogP contribution is -2.17. The molecule has 2 aromatic heterocycles. The maximum atomic E-state index is 6.52. The fourth-order valence-corrected chi connectivity index (χ4v) is 11.2. The van der Waals surface area contributed by atoms with Gasteiger partial charge >= 0.3 is 0 Å². The number of para-hydroxylation sites is 4. The van der Waals surface area contributed by atoms with Gasteiger partial charge in [-0.2, -0.15) is 0 Å². The van der Waals surface area contributed by atoms with Crippen LogP contribution in [0.25, 0.3) is 105 Å². The molecule has 336 valence electrons. The summed E-state index contributed by atoms with van der Waals surface area (Å²) in [6.07, 6.45) is 14.6. The molecule has 0 spiro atoms. The minimum absolute atomic E-state index is 0.175. The lowest BCUT2D eigenvalue weighted by atomic mass is 9.89. The molecule has 0 N–H and O–H groups in total. The van der Waals surface area contributed by atoms with E-state index in [4.69, 9.17) is 8.83 Å². The molecule has 0 amide bonds. The predicted molar refractivity (Wildman–Crippen MR) is 297 cm³/mol. The van der Waals surface area contributed by atoms with Crippen molar-refractivity contribution in [2.45, 2.75) is 25.2 Å². The van der Waals surface area contributed by atoms with Crippen LogP contribution in [0, 0.1) is 0 Å². The standard InChI is InChI=1S/C68H47NO2/c1-3-13-49-39-51(25-23-44(49)11-1)54-41-53(42-55(43-54)52-26-24-45-12-2-4-14-50(45)40-52)46-27-33-56(34-28-46)69(57-35-29-47(30-36-57)59-17-9-19-63-61-15-5-7-21-65(61)70-67(59)63)58-37-31-48(32-38-58)60-18-10-20-64-62-16-6-8-22-66(62)71-68(60)64/h1,3-11,13-31,33-43,48H,2,12,32H2. The highest BCUT2D eigenvalue weighted by molar-refractivity contribution is 6.10. The van der Waals surface area contributed by atoms with Gasteiger partial charge in [0.15, 0.2) is 0 Å². The largest absolute Gasteiger partial charge is 0.456 e. The molecule has 1 unspecified atom stereocenters. The summed E-state index contributed by atoms with van der Waals surface area (Å²) < 4.78 is 13.0. The van der Waals surface area contributed by atoms with Crippen LogP contribution in [0.4, 0.5) is 11.4 Å². The minimum Gasteiger partial charge on any atom is -0.456 e. The Kier molecular flexibility index (Phi) is 9.80. The van der Waals surface area contributed by atoms with Crippen molar-refractivity contribution < 1.29 is 8.83 Å². The zero-order valence-electron chi connectivity index (χ0n) is 39.1. The summed E-state index contributed by atoms with van der Waals surface area (Å²) in [4.78, 5) is 2.39. The Morgan fingerprint density at radius 3 is 1.75 bits per heavy atom. The van der Waals surface area contributed by atoms with Crippen LogP contribution in [0.1, 0.15) is 35.4 Å². The molecule has 0 saturated carbocycles. The van der Waals surface area contributed by atoms with Crippen molar-refractivity contribution in [1.82, 2.24) is 0 Å². The first-order valence-corrected chi connectivity index (χ1v) is 24.8. The van der Waals surface area contributed by atoms with Gasteiger partial charge in [0, 0.05) is 55.7 Å². The summed E-state index contributed by atoms with van der Waals surface area (Å²) in [7, 11) is 0. The van der Waals surface area contributed by atoms with E-state index in [9.17, 15) is 0 Å². The van der Waals surface area contributed by atoms with Gasteiger partial charge in [-0.15, -0.1) is 0 Å². The SMILES string of the molecule is C1=Cc2cc(-c3cc(-c4ccc(N(C5=CCC(c6cccc7c6oc6ccccc67)C=C5)c5ccc(-c6cccc7c6oc6ccccc67)cc5)cc4)cc(-c4ccc5ccccc5c4)c3)ccc2CC1. The van der Waals surface area contributed by atoms with Crippen molar-refractivity contribution in [3.63, 3.8) is 0 Å². The van der Waals surface area contributed by atoms with E-state index < -0.39 is 0 Å². The number of hydrogen-bond donors (Lipinski definition) is 0. The zero-order valence-corrected chi connectivity index (χ0v) is 39.1. The molecule has 2 aliphatic rings. The van der Waals surface area contributed by atoms with Gasteiger partial charge in [0.25, 0.3) is 0 Å². The van der Waals surface area contributed by atoms with E-state index in [1.807, 2.05) is 18.2 Å². The Morgan fingerprint density at radius 2 is 1.01 bits per heavy atom.